The fraction of sp³-hybridized carbons (Fsp3) is 0. The molecule has 6 heteroatoms. The average molecular weight is 634 g/mol. The molecule has 1 N–H and O–H groups in total. The van der Waals surface area contributed by atoms with Gasteiger partial charge in [0.05, 0.1) is 11.1 Å². The van der Waals surface area contributed by atoms with Crippen LogP contribution in [0.4, 0.5) is 0 Å². The van der Waals surface area contributed by atoms with Gasteiger partial charge in [-0.15, -0.1) is 17.7 Å². The van der Waals surface area contributed by atoms with E-state index in [-0.39, 0.29) is 25.8 Å². The van der Waals surface area contributed by atoms with E-state index in [4.69, 9.17) is 14.5 Å². The molecule has 3 aromatic heterocycles. The van der Waals surface area contributed by atoms with Crippen LogP contribution in [0.1, 0.15) is 21.6 Å². The Morgan fingerprint density at radius 2 is 1.69 bits per heavy atom. The molecule has 1 radical (unpaired) electrons. The number of aromatic nitrogens is 2. The van der Waals surface area contributed by atoms with Crippen LogP contribution in [0.25, 0.3) is 56.3 Å². The molecule has 5 nitrogen and oxygen atoms in total. The van der Waals surface area contributed by atoms with E-state index < -0.39 is 5.97 Å². The Balaban J connectivity index is 0.000000217. The zero-order valence-electron chi connectivity index (χ0n) is 18.2. The molecule has 7 rings (SSSR count). The van der Waals surface area contributed by atoms with Gasteiger partial charge in [-0.2, -0.15) is 0 Å². The predicted molar refractivity (Wildman–Crippen MR) is 133 cm³/mol. The van der Waals surface area contributed by atoms with Gasteiger partial charge in [0.25, 0.3) is 0 Å². The third-order valence-corrected chi connectivity index (χ3v) is 5.81. The first-order chi connectivity index (χ1) is 16.7. The molecule has 0 aliphatic heterocycles. The topological polar surface area (TPSA) is 76.2 Å². The quantitative estimate of drug-likeness (QED) is 0.211. The van der Waals surface area contributed by atoms with Gasteiger partial charge in [-0.1, -0.05) is 66.1 Å². The number of carboxylic acids is 1. The molecule has 0 spiro atoms. The molecule has 1 aliphatic rings. The van der Waals surface area contributed by atoms with Crippen LogP contribution in [0.5, 0.6) is 0 Å². The molecule has 1 aliphatic carbocycles. The van der Waals surface area contributed by atoms with Crippen LogP contribution in [-0.2, 0) is 20.1 Å². The maximum absolute atomic E-state index is 10.1. The maximum atomic E-state index is 10.1. The van der Waals surface area contributed by atoms with Gasteiger partial charge in [-0.05, 0) is 46.5 Å². The van der Waals surface area contributed by atoms with Crippen LogP contribution in [-0.4, -0.2) is 21.0 Å². The number of furan rings is 1. The minimum Gasteiger partial charge on any atom is -0.477 e. The molecular weight excluding hydrogens is 617 g/mol. The van der Waals surface area contributed by atoms with Crippen molar-refractivity contribution < 1.29 is 34.4 Å². The molecule has 35 heavy (non-hydrogen) atoms. The summed E-state index contributed by atoms with van der Waals surface area (Å²) in [6.45, 7) is 0. The molecule has 171 valence electrons. The third-order valence-electron chi connectivity index (χ3n) is 5.81. The van der Waals surface area contributed by atoms with Crippen LogP contribution in [0, 0.1) is 6.07 Å². The number of hydrogen-bond acceptors (Lipinski definition) is 4. The second kappa shape index (κ2) is 9.26. The first-order valence-electron chi connectivity index (χ1n) is 10.8. The van der Waals surface area contributed by atoms with E-state index in [9.17, 15) is 4.79 Å². The summed E-state index contributed by atoms with van der Waals surface area (Å²) in [6, 6.07) is 28.7. The van der Waals surface area contributed by atoms with E-state index in [1.807, 2.05) is 30.3 Å². The predicted octanol–water partition coefficient (Wildman–Crippen LogP) is 6.86. The van der Waals surface area contributed by atoms with E-state index in [0.29, 0.717) is 0 Å². The fourth-order valence-corrected chi connectivity index (χ4v) is 4.23. The molecule has 0 fully saturated rings. The van der Waals surface area contributed by atoms with Gasteiger partial charge < -0.3 is 9.52 Å². The second-order valence-electron chi connectivity index (χ2n) is 7.91. The first-order valence-corrected chi connectivity index (χ1v) is 10.8. The number of carboxylic acid groups (broad SMARTS) is 1. The van der Waals surface area contributed by atoms with Gasteiger partial charge >= 0.3 is 5.97 Å². The second-order valence-corrected chi connectivity index (χ2v) is 7.91. The van der Waals surface area contributed by atoms with Crippen LogP contribution >= 0.6 is 0 Å². The van der Waals surface area contributed by atoms with E-state index >= 15 is 0 Å². The Labute approximate surface area is 214 Å². The molecule has 0 bridgehead atoms. The molecule has 0 amide bonds. The van der Waals surface area contributed by atoms with Crippen molar-refractivity contribution in [3.63, 3.8) is 0 Å². The smallest absolute Gasteiger partial charge is 0.354 e. The molecule has 3 heterocycles. The standard InChI is InChI=1S/C23H12NO.C6H5NO2.Ir/c1-2-7-21-17(5-1)18-11-10-15(13-22(18)25-21)20-12-16-9-8-14-4-3-6-19(24-20)23(14)16;8-6(9)5-3-1-2-4-7-5;/h1-9,11-13H;1-4H,(H,8,9);/q-1;;. The van der Waals surface area contributed by atoms with Crippen molar-refractivity contribution in [2.24, 2.45) is 0 Å². The van der Waals surface area contributed by atoms with Gasteiger partial charge in [0, 0.05) is 31.7 Å². The molecule has 0 atom stereocenters. The Bertz CT molecular complexity index is 1740. The van der Waals surface area contributed by atoms with E-state index in [0.717, 1.165) is 38.7 Å². The minimum absolute atomic E-state index is 0. The van der Waals surface area contributed by atoms with Gasteiger partial charge in [0.1, 0.15) is 11.3 Å². The molecule has 0 saturated heterocycles. The van der Waals surface area contributed by atoms with E-state index in [1.165, 1.54) is 28.8 Å². The van der Waals surface area contributed by atoms with Gasteiger partial charge in [0.15, 0.2) is 0 Å². The van der Waals surface area contributed by atoms with Crippen molar-refractivity contribution in [1.29, 1.82) is 0 Å². The third kappa shape index (κ3) is 4.14. The van der Waals surface area contributed by atoms with Crippen LogP contribution in [0.15, 0.2) is 89.5 Å². The van der Waals surface area contributed by atoms with Crippen LogP contribution in [0.2, 0.25) is 0 Å². The van der Waals surface area contributed by atoms with Crippen molar-refractivity contribution in [3.8, 4) is 11.3 Å². The number of pyridine rings is 2. The number of rotatable bonds is 2. The Kier molecular flexibility index (Phi) is 5.99. The van der Waals surface area contributed by atoms with Gasteiger partial charge in [0.2, 0.25) is 0 Å². The number of para-hydroxylation sites is 1. The zero-order valence-corrected chi connectivity index (χ0v) is 20.6. The number of aromatic carboxylic acids is 1. The summed E-state index contributed by atoms with van der Waals surface area (Å²) >= 11 is 0. The molecule has 3 aromatic carbocycles. The summed E-state index contributed by atoms with van der Waals surface area (Å²) in [7, 11) is 0. The van der Waals surface area contributed by atoms with Crippen LogP contribution in [0.3, 0.4) is 0 Å². The number of carbonyl (C=O) groups is 1. The summed E-state index contributed by atoms with van der Waals surface area (Å²) < 4.78 is 6.01. The Morgan fingerprint density at radius 3 is 2.49 bits per heavy atom. The fourth-order valence-electron chi connectivity index (χ4n) is 4.23. The number of fused-ring (bicyclic) bond motifs is 3. The monoisotopic (exact) mass is 634 g/mol. The Morgan fingerprint density at radius 1 is 0.857 bits per heavy atom. The molecule has 0 saturated carbocycles. The molecule has 6 aromatic rings. The van der Waals surface area contributed by atoms with E-state index in [1.54, 1.807) is 12.1 Å². The summed E-state index contributed by atoms with van der Waals surface area (Å²) in [5.41, 5.74) is 7.21. The number of nitrogens with zero attached hydrogens (tertiary/aromatic N) is 2. The minimum atomic E-state index is -0.990. The summed E-state index contributed by atoms with van der Waals surface area (Å²) in [5.74, 6) is -0.990. The summed E-state index contributed by atoms with van der Waals surface area (Å²) in [6.07, 6.45) is 5.75. The first kappa shape index (κ1) is 22.7. The number of benzene rings is 3. The SMILES string of the molecule is O=C(O)c1ccccn1.[Ir].[c-]1cc2c(cc1-c1cc3c4c(cccc4n1)C=C3)oc1ccccc12. The van der Waals surface area contributed by atoms with Crippen molar-refractivity contribution in [3.05, 3.63) is 108 Å². The van der Waals surface area contributed by atoms with Crippen molar-refractivity contribution in [2.45, 2.75) is 0 Å². The van der Waals surface area contributed by atoms with Crippen molar-refractivity contribution >= 4 is 51.0 Å². The van der Waals surface area contributed by atoms with Crippen LogP contribution < -0.4 is 0 Å². The van der Waals surface area contributed by atoms with Crippen molar-refractivity contribution in [2.75, 3.05) is 0 Å². The van der Waals surface area contributed by atoms with Gasteiger partial charge in [-0.3, -0.25) is 4.98 Å². The van der Waals surface area contributed by atoms with Crippen molar-refractivity contribution in [1.82, 2.24) is 9.97 Å². The Hall–Kier alpha value is -4.12. The number of hydrogen-bond donors (Lipinski definition) is 1. The van der Waals surface area contributed by atoms with E-state index in [2.05, 4.69) is 53.5 Å². The average Bonchev–Trinajstić information content (AvgIpc) is 3.47. The zero-order chi connectivity index (χ0) is 23.1. The molecular formula is C29H17IrN2O3-. The van der Waals surface area contributed by atoms with Gasteiger partial charge in [-0.25, -0.2) is 9.78 Å². The summed E-state index contributed by atoms with van der Waals surface area (Å²) in [5, 5.41) is 11.8. The maximum Gasteiger partial charge on any atom is 0.354 e. The largest absolute Gasteiger partial charge is 0.477 e. The molecule has 0 unspecified atom stereocenters. The summed E-state index contributed by atoms with van der Waals surface area (Å²) in [4.78, 5) is 18.6. The normalized spacial score (nSPS) is 11.3.